The average molecular weight is 272 g/mol. The summed E-state index contributed by atoms with van der Waals surface area (Å²) in [5.41, 5.74) is 0.972. The highest BCUT2D eigenvalue weighted by molar-refractivity contribution is 5.33. The van der Waals surface area contributed by atoms with E-state index in [1.54, 1.807) is 12.3 Å². The predicted molar refractivity (Wildman–Crippen MR) is 74.4 cm³/mol. The summed E-state index contributed by atoms with van der Waals surface area (Å²) in [4.78, 5) is 0. The first-order valence-corrected chi connectivity index (χ1v) is 6.53. The normalized spacial score (nSPS) is 13.7. The molecule has 0 aliphatic carbocycles. The Hall–Kier alpha value is -2.19. The summed E-state index contributed by atoms with van der Waals surface area (Å²) in [7, 11) is 0. The Morgan fingerprint density at radius 2 is 2.25 bits per heavy atom. The van der Waals surface area contributed by atoms with E-state index in [1.807, 2.05) is 36.9 Å². The zero-order valence-electron chi connectivity index (χ0n) is 11.5. The molecule has 4 nitrogen and oxygen atoms in total. The first-order chi connectivity index (χ1) is 9.61. The van der Waals surface area contributed by atoms with Gasteiger partial charge in [0, 0.05) is 30.5 Å². The van der Waals surface area contributed by atoms with Gasteiger partial charge < -0.3 is 5.32 Å². The number of nitrogens with one attached hydrogen (secondary N) is 1. The zero-order chi connectivity index (χ0) is 14.5. The average Bonchev–Trinajstić information content (AvgIpc) is 2.99. The van der Waals surface area contributed by atoms with E-state index in [0.29, 0.717) is 17.7 Å². The van der Waals surface area contributed by atoms with E-state index >= 15 is 0 Å². The van der Waals surface area contributed by atoms with Crippen LogP contribution in [0, 0.1) is 17.1 Å². The maximum absolute atomic E-state index is 13.7. The van der Waals surface area contributed by atoms with Gasteiger partial charge in [-0.3, -0.25) is 4.68 Å². The summed E-state index contributed by atoms with van der Waals surface area (Å²) in [5.74, 6) is -0.296. The molecule has 2 rings (SSSR count). The smallest absolute Gasteiger partial charge is 0.127 e. The lowest BCUT2D eigenvalue weighted by Crippen LogP contribution is -2.33. The van der Waals surface area contributed by atoms with Crippen molar-refractivity contribution in [1.29, 1.82) is 5.26 Å². The summed E-state index contributed by atoms with van der Waals surface area (Å²) < 4.78 is 15.5. The minimum absolute atomic E-state index is 0.125. The van der Waals surface area contributed by atoms with Crippen LogP contribution in [0.3, 0.4) is 0 Å². The first kappa shape index (κ1) is 14.2. The third kappa shape index (κ3) is 3.22. The molecule has 104 valence electrons. The van der Waals surface area contributed by atoms with Crippen LogP contribution >= 0.6 is 0 Å². The molecular weight excluding hydrogens is 255 g/mol. The summed E-state index contributed by atoms with van der Waals surface area (Å²) in [6.07, 6.45) is 3.64. The number of nitrogens with zero attached hydrogens (tertiary/aromatic N) is 3. The molecule has 1 N–H and O–H groups in total. The van der Waals surface area contributed by atoms with Crippen molar-refractivity contribution in [3.8, 4) is 6.07 Å². The molecule has 0 saturated heterocycles. The number of hydrogen-bond acceptors (Lipinski definition) is 3. The lowest BCUT2D eigenvalue weighted by molar-refractivity contribution is 0.363. The Bertz CT molecular complexity index is 601. The topological polar surface area (TPSA) is 53.6 Å². The molecule has 1 aromatic heterocycles. The van der Waals surface area contributed by atoms with Gasteiger partial charge in [-0.25, -0.2) is 4.39 Å². The van der Waals surface area contributed by atoms with E-state index in [1.165, 1.54) is 12.1 Å². The minimum Gasteiger partial charge on any atom is -0.308 e. The minimum atomic E-state index is -0.296. The maximum atomic E-state index is 13.7. The number of nitriles is 1. The maximum Gasteiger partial charge on any atom is 0.127 e. The summed E-state index contributed by atoms with van der Waals surface area (Å²) in [6.45, 7) is 4.46. The molecule has 2 aromatic rings. The highest BCUT2D eigenvalue weighted by Crippen LogP contribution is 2.13. The van der Waals surface area contributed by atoms with Crippen molar-refractivity contribution in [3.05, 3.63) is 53.6 Å². The molecule has 5 heteroatoms. The van der Waals surface area contributed by atoms with Gasteiger partial charge in [0.1, 0.15) is 5.82 Å². The molecule has 20 heavy (non-hydrogen) atoms. The van der Waals surface area contributed by atoms with Gasteiger partial charge in [-0.2, -0.15) is 10.4 Å². The summed E-state index contributed by atoms with van der Waals surface area (Å²) >= 11 is 0. The van der Waals surface area contributed by atoms with Crippen molar-refractivity contribution in [2.24, 2.45) is 0 Å². The van der Waals surface area contributed by atoms with Gasteiger partial charge in [0.05, 0.1) is 17.7 Å². The molecule has 0 aliphatic heterocycles. The van der Waals surface area contributed by atoms with E-state index in [9.17, 15) is 4.39 Å². The Morgan fingerprint density at radius 1 is 1.45 bits per heavy atom. The van der Waals surface area contributed by atoms with Crippen molar-refractivity contribution in [3.63, 3.8) is 0 Å². The van der Waals surface area contributed by atoms with Crippen molar-refractivity contribution >= 4 is 0 Å². The fraction of sp³-hybridized carbons (Fsp3) is 0.333. The Labute approximate surface area is 117 Å². The van der Waals surface area contributed by atoms with Crippen LogP contribution in [0.4, 0.5) is 4.39 Å². The van der Waals surface area contributed by atoms with Crippen LogP contribution in [0.5, 0.6) is 0 Å². The summed E-state index contributed by atoms with van der Waals surface area (Å²) in [6, 6.07) is 8.57. The molecule has 1 heterocycles. The third-order valence-corrected chi connectivity index (χ3v) is 3.46. The lowest BCUT2D eigenvalue weighted by Gasteiger charge is -2.22. The zero-order valence-corrected chi connectivity index (χ0v) is 11.5. The van der Waals surface area contributed by atoms with E-state index in [0.717, 1.165) is 0 Å². The molecule has 0 radical (unpaired) electrons. The Balaban J connectivity index is 2.00. The fourth-order valence-corrected chi connectivity index (χ4v) is 1.97. The van der Waals surface area contributed by atoms with Gasteiger partial charge >= 0.3 is 0 Å². The highest BCUT2D eigenvalue weighted by atomic mass is 19.1. The van der Waals surface area contributed by atoms with E-state index < -0.39 is 0 Å². The second kappa shape index (κ2) is 6.31. The van der Waals surface area contributed by atoms with Crippen LogP contribution in [0.25, 0.3) is 0 Å². The molecule has 0 unspecified atom stereocenters. The van der Waals surface area contributed by atoms with Crippen molar-refractivity contribution in [1.82, 2.24) is 15.1 Å². The third-order valence-electron chi connectivity index (χ3n) is 3.46. The predicted octanol–water partition coefficient (Wildman–Crippen LogP) is 2.63. The fourth-order valence-electron chi connectivity index (χ4n) is 1.97. The van der Waals surface area contributed by atoms with Gasteiger partial charge in [-0.05, 0) is 38.1 Å². The van der Waals surface area contributed by atoms with Crippen LogP contribution in [-0.2, 0) is 6.54 Å². The number of benzene rings is 1. The number of rotatable bonds is 5. The van der Waals surface area contributed by atoms with Gasteiger partial charge in [0.2, 0.25) is 0 Å². The molecular formula is C15H17FN4. The van der Waals surface area contributed by atoms with Crippen molar-refractivity contribution in [2.45, 2.75) is 32.5 Å². The lowest BCUT2D eigenvalue weighted by atomic mass is 10.1. The van der Waals surface area contributed by atoms with E-state index in [-0.39, 0.29) is 17.9 Å². The van der Waals surface area contributed by atoms with Crippen LogP contribution in [0.2, 0.25) is 0 Å². The van der Waals surface area contributed by atoms with E-state index in [2.05, 4.69) is 10.4 Å². The molecule has 0 bridgehead atoms. The summed E-state index contributed by atoms with van der Waals surface area (Å²) in [5, 5.41) is 16.3. The van der Waals surface area contributed by atoms with Crippen LogP contribution < -0.4 is 5.32 Å². The van der Waals surface area contributed by atoms with Crippen molar-refractivity contribution < 1.29 is 4.39 Å². The van der Waals surface area contributed by atoms with Crippen molar-refractivity contribution in [2.75, 3.05) is 0 Å². The van der Waals surface area contributed by atoms with Gasteiger partial charge in [0.25, 0.3) is 0 Å². The molecule has 0 aliphatic rings. The SMILES string of the molecule is C[C@H](NCc1cc(C#N)ccc1F)[C@H](C)n1cccn1. The Kier molecular flexibility index (Phi) is 4.49. The number of hydrogen-bond donors (Lipinski definition) is 1. The van der Waals surface area contributed by atoms with Gasteiger partial charge in [0.15, 0.2) is 0 Å². The van der Waals surface area contributed by atoms with Gasteiger partial charge in [-0.1, -0.05) is 0 Å². The van der Waals surface area contributed by atoms with Crippen LogP contribution in [-0.4, -0.2) is 15.8 Å². The molecule has 2 atom stereocenters. The van der Waals surface area contributed by atoms with Crippen LogP contribution in [0.15, 0.2) is 36.7 Å². The monoisotopic (exact) mass is 272 g/mol. The number of halogens is 1. The first-order valence-electron chi connectivity index (χ1n) is 6.53. The second-order valence-corrected chi connectivity index (χ2v) is 4.81. The Morgan fingerprint density at radius 3 is 2.90 bits per heavy atom. The molecule has 0 spiro atoms. The van der Waals surface area contributed by atoms with Gasteiger partial charge in [-0.15, -0.1) is 0 Å². The van der Waals surface area contributed by atoms with E-state index in [4.69, 9.17) is 5.26 Å². The molecule has 0 saturated carbocycles. The molecule has 1 aromatic carbocycles. The highest BCUT2D eigenvalue weighted by Gasteiger charge is 2.14. The second-order valence-electron chi connectivity index (χ2n) is 4.81. The largest absolute Gasteiger partial charge is 0.308 e. The molecule has 0 amide bonds. The number of aromatic nitrogens is 2. The van der Waals surface area contributed by atoms with Crippen LogP contribution in [0.1, 0.15) is 31.0 Å². The molecule has 0 fully saturated rings. The quantitative estimate of drug-likeness (QED) is 0.910. The standard InChI is InChI=1S/C15H17FN4/c1-11(12(2)20-7-3-6-19-20)18-10-14-8-13(9-17)4-5-15(14)16/h3-8,11-12,18H,10H2,1-2H3/t11-,12-/m0/s1.